The summed E-state index contributed by atoms with van der Waals surface area (Å²) in [6.45, 7) is 4.03. The van der Waals surface area contributed by atoms with Crippen LogP contribution in [0, 0.1) is 5.82 Å². The van der Waals surface area contributed by atoms with Crippen LogP contribution in [-0.2, 0) is 19.4 Å². The molecule has 126 valence electrons. The van der Waals surface area contributed by atoms with E-state index in [-0.39, 0.29) is 5.82 Å². The van der Waals surface area contributed by atoms with Crippen molar-refractivity contribution in [1.29, 1.82) is 0 Å². The number of aryl methyl sites for hydroxylation is 2. The van der Waals surface area contributed by atoms with Gasteiger partial charge < -0.3 is 4.90 Å². The Kier molecular flexibility index (Phi) is 4.37. The smallest absolute Gasteiger partial charge is 0.151 e. The third kappa shape index (κ3) is 3.10. The summed E-state index contributed by atoms with van der Waals surface area (Å²) in [7, 11) is 0. The molecular weight excluding hydrogens is 327 g/mol. The molecule has 1 saturated heterocycles. The van der Waals surface area contributed by atoms with Gasteiger partial charge in [-0.15, -0.1) is 5.10 Å². The molecule has 0 radical (unpaired) electrons. The Morgan fingerprint density at radius 1 is 1.08 bits per heavy atom. The van der Waals surface area contributed by atoms with Gasteiger partial charge in [-0.25, -0.2) is 4.39 Å². The monoisotopic (exact) mass is 346 g/mol. The molecule has 0 unspecified atom stereocenters. The fourth-order valence-electron chi connectivity index (χ4n) is 3.51. The van der Waals surface area contributed by atoms with E-state index in [0.717, 1.165) is 50.5 Å². The molecule has 2 heterocycles. The SMILES string of the molecule is Fc1cccc(Cl)c1CN1CCN(c2cc3c(nn2)CCC3)CC1. The number of aromatic nitrogens is 2. The molecule has 0 spiro atoms. The third-order valence-corrected chi connectivity index (χ3v) is 5.30. The quantitative estimate of drug-likeness (QED) is 0.855. The van der Waals surface area contributed by atoms with Gasteiger partial charge in [0.15, 0.2) is 5.82 Å². The molecule has 0 N–H and O–H groups in total. The van der Waals surface area contributed by atoms with Crippen LogP contribution in [0.4, 0.5) is 10.2 Å². The molecule has 0 bridgehead atoms. The zero-order chi connectivity index (χ0) is 16.5. The van der Waals surface area contributed by atoms with Crippen molar-refractivity contribution < 1.29 is 4.39 Å². The summed E-state index contributed by atoms with van der Waals surface area (Å²) >= 11 is 6.13. The standard InChI is InChI=1S/C18H20ClFN4/c19-15-4-2-5-16(20)14(15)12-23-7-9-24(10-8-23)18-11-13-3-1-6-17(13)21-22-18/h2,4-5,11H,1,3,6-10,12H2. The first-order valence-corrected chi connectivity index (χ1v) is 8.84. The number of hydrogen-bond donors (Lipinski definition) is 0. The summed E-state index contributed by atoms with van der Waals surface area (Å²) in [6, 6.07) is 7.05. The zero-order valence-electron chi connectivity index (χ0n) is 13.5. The summed E-state index contributed by atoms with van der Waals surface area (Å²) in [5.41, 5.74) is 3.09. The molecule has 6 heteroatoms. The van der Waals surface area contributed by atoms with Crippen molar-refractivity contribution >= 4 is 17.4 Å². The molecule has 2 aliphatic rings. The van der Waals surface area contributed by atoms with Crippen LogP contribution in [0.15, 0.2) is 24.3 Å². The van der Waals surface area contributed by atoms with Gasteiger partial charge in [0.25, 0.3) is 0 Å². The molecule has 1 aromatic carbocycles. The Labute approximate surface area is 146 Å². The maximum atomic E-state index is 13.9. The van der Waals surface area contributed by atoms with Crippen molar-refractivity contribution in [2.24, 2.45) is 0 Å². The Morgan fingerprint density at radius 3 is 2.71 bits per heavy atom. The molecule has 0 amide bonds. The molecule has 0 saturated carbocycles. The predicted molar refractivity (Wildman–Crippen MR) is 93.0 cm³/mol. The van der Waals surface area contributed by atoms with Gasteiger partial charge in [-0.05, 0) is 43.0 Å². The molecule has 1 fully saturated rings. The first kappa shape index (κ1) is 15.8. The minimum absolute atomic E-state index is 0.227. The molecule has 1 aromatic heterocycles. The van der Waals surface area contributed by atoms with Gasteiger partial charge in [0.1, 0.15) is 5.82 Å². The fraction of sp³-hybridized carbons (Fsp3) is 0.444. The summed E-state index contributed by atoms with van der Waals surface area (Å²) in [4.78, 5) is 4.51. The van der Waals surface area contributed by atoms with Gasteiger partial charge in [0.05, 0.1) is 5.69 Å². The van der Waals surface area contributed by atoms with Crippen molar-refractivity contribution in [3.05, 3.63) is 51.9 Å². The lowest BCUT2D eigenvalue weighted by molar-refractivity contribution is 0.246. The van der Waals surface area contributed by atoms with Crippen molar-refractivity contribution in [2.75, 3.05) is 31.1 Å². The lowest BCUT2D eigenvalue weighted by atomic mass is 10.1. The van der Waals surface area contributed by atoms with Gasteiger partial charge in [-0.3, -0.25) is 4.90 Å². The Morgan fingerprint density at radius 2 is 1.92 bits per heavy atom. The number of rotatable bonds is 3. The van der Waals surface area contributed by atoms with Crippen molar-refractivity contribution in [1.82, 2.24) is 15.1 Å². The average Bonchev–Trinajstić information content (AvgIpc) is 3.06. The number of halogens is 2. The largest absolute Gasteiger partial charge is 0.353 e. The van der Waals surface area contributed by atoms with E-state index in [2.05, 4.69) is 26.1 Å². The summed E-state index contributed by atoms with van der Waals surface area (Å²) in [5.74, 6) is 0.744. The van der Waals surface area contributed by atoms with Gasteiger partial charge in [-0.1, -0.05) is 17.7 Å². The van der Waals surface area contributed by atoms with Crippen LogP contribution in [0.2, 0.25) is 5.02 Å². The zero-order valence-corrected chi connectivity index (χ0v) is 14.3. The van der Waals surface area contributed by atoms with Gasteiger partial charge in [0, 0.05) is 43.3 Å². The number of fused-ring (bicyclic) bond motifs is 1. The van der Waals surface area contributed by atoms with E-state index in [1.807, 2.05) is 0 Å². The molecule has 4 rings (SSSR count). The number of nitrogens with zero attached hydrogens (tertiary/aromatic N) is 4. The maximum absolute atomic E-state index is 13.9. The van der Waals surface area contributed by atoms with Gasteiger partial charge in [0.2, 0.25) is 0 Å². The Balaban J connectivity index is 1.40. The highest BCUT2D eigenvalue weighted by Crippen LogP contribution is 2.25. The van der Waals surface area contributed by atoms with Crippen LogP contribution < -0.4 is 4.90 Å². The van der Waals surface area contributed by atoms with E-state index < -0.39 is 0 Å². The van der Waals surface area contributed by atoms with E-state index in [9.17, 15) is 4.39 Å². The summed E-state index contributed by atoms with van der Waals surface area (Å²) in [6.07, 6.45) is 3.36. The first-order chi connectivity index (χ1) is 11.7. The normalized spacial score (nSPS) is 18.0. The maximum Gasteiger partial charge on any atom is 0.151 e. The second kappa shape index (κ2) is 6.65. The van der Waals surface area contributed by atoms with E-state index in [4.69, 9.17) is 11.6 Å². The van der Waals surface area contributed by atoms with E-state index in [1.165, 1.54) is 18.1 Å². The average molecular weight is 347 g/mol. The van der Waals surface area contributed by atoms with E-state index in [1.54, 1.807) is 12.1 Å². The minimum atomic E-state index is -0.227. The van der Waals surface area contributed by atoms with Crippen LogP contribution in [0.1, 0.15) is 23.2 Å². The molecule has 24 heavy (non-hydrogen) atoms. The Bertz CT molecular complexity index is 724. The fourth-order valence-corrected chi connectivity index (χ4v) is 3.74. The Hall–Kier alpha value is -1.72. The van der Waals surface area contributed by atoms with E-state index >= 15 is 0 Å². The van der Waals surface area contributed by atoms with E-state index in [0.29, 0.717) is 17.1 Å². The minimum Gasteiger partial charge on any atom is -0.353 e. The third-order valence-electron chi connectivity index (χ3n) is 4.95. The van der Waals surface area contributed by atoms with Crippen LogP contribution in [0.5, 0.6) is 0 Å². The molecule has 1 aliphatic heterocycles. The predicted octanol–water partition coefficient (Wildman–Crippen LogP) is 3.08. The van der Waals surface area contributed by atoms with Crippen molar-refractivity contribution in [3.8, 4) is 0 Å². The first-order valence-electron chi connectivity index (χ1n) is 8.46. The molecule has 0 atom stereocenters. The topological polar surface area (TPSA) is 32.3 Å². The number of benzene rings is 1. The molecule has 1 aliphatic carbocycles. The van der Waals surface area contributed by atoms with Crippen LogP contribution in [-0.4, -0.2) is 41.3 Å². The highest BCUT2D eigenvalue weighted by Gasteiger charge is 2.22. The molecular formula is C18H20ClFN4. The second-order valence-corrected chi connectivity index (χ2v) is 6.90. The van der Waals surface area contributed by atoms with Gasteiger partial charge in [-0.2, -0.15) is 5.10 Å². The van der Waals surface area contributed by atoms with Crippen LogP contribution in [0.3, 0.4) is 0 Å². The van der Waals surface area contributed by atoms with Crippen LogP contribution >= 0.6 is 11.6 Å². The number of anilines is 1. The van der Waals surface area contributed by atoms with Crippen molar-refractivity contribution in [3.63, 3.8) is 0 Å². The lowest BCUT2D eigenvalue weighted by Crippen LogP contribution is -2.46. The summed E-state index contributed by atoms with van der Waals surface area (Å²) in [5, 5.41) is 9.26. The highest BCUT2D eigenvalue weighted by molar-refractivity contribution is 6.31. The molecule has 2 aromatic rings. The lowest BCUT2D eigenvalue weighted by Gasteiger charge is -2.35. The summed E-state index contributed by atoms with van der Waals surface area (Å²) < 4.78 is 13.9. The highest BCUT2D eigenvalue weighted by atomic mass is 35.5. The molecule has 4 nitrogen and oxygen atoms in total. The van der Waals surface area contributed by atoms with Crippen molar-refractivity contribution in [2.45, 2.75) is 25.8 Å². The number of hydrogen-bond acceptors (Lipinski definition) is 4. The second-order valence-electron chi connectivity index (χ2n) is 6.49. The van der Waals surface area contributed by atoms with Crippen LogP contribution in [0.25, 0.3) is 0 Å². The van der Waals surface area contributed by atoms with Gasteiger partial charge >= 0.3 is 0 Å². The number of piperazine rings is 1.